The van der Waals surface area contributed by atoms with Crippen LogP contribution in [0.15, 0.2) is 45.2 Å². The van der Waals surface area contributed by atoms with Gasteiger partial charge in [0.2, 0.25) is 9.84 Å². The van der Waals surface area contributed by atoms with Crippen molar-refractivity contribution in [3.05, 3.63) is 40.3 Å². The summed E-state index contributed by atoms with van der Waals surface area (Å²) in [6.45, 7) is 5.51. The standard InChI is InChI=1S/C17H20N2O4S2/c1-17(2,3)23-16(20)19-10-7-11-24-15(19)14(12-18)25(21,22)13-8-5-4-6-9-13/h4-6,8-9H,7,10-11H2,1-3H3/b15-14-. The van der Waals surface area contributed by atoms with E-state index in [1.54, 1.807) is 45.0 Å². The largest absolute Gasteiger partial charge is 0.443 e. The topological polar surface area (TPSA) is 87.5 Å². The zero-order valence-corrected chi connectivity index (χ0v) is 16.0. The minimum absolute atomic E-state index is 0.0226. The molecule has 6 nitrogen and oxygen atoms in total. The Morgan fingerprint density at radius 2 is 1.92 bits per heavy atom. The normalized spacial score (nSPS) is 17.6. The number of allylic oxidation sites excluding steroid dienone is 1. The van der Waals surface area contributed by atoms with Gasteiger partial charge in [0, 0.05) is 12.3 Å². The van der Waals surface area contributed by atoms with Gasteiger partial charge in [-0.1, -0.05) is 18.2 Å². The second-order valence-corrected chi connectivity index (χ2v) is 9.37. The van der Waals surface area contributed by atoms with E-state index >= 15 is 0 Å². The predicted molar refractivity (Wildman–Crippen MR) is 96.3 cm³/mol. The maximum absolute atomic E-state index is 12.8. The Kier molecular flexibility index (Phi) is 5.80. The quantitative estimate of drug-likeness (QED) is 0.730. The van der Waals surface area contributed by atoms with Crippen LogP contribution in [0.5, 0.6) is 0 Å². The third-order valence-electron chi connectivity index (χ3n) is 3.24. The summed E-state index contributed by atoms with van der Waals surface area (Å²) in [5, 5.41) is 9.66. The van der Waals surface area contributed by atoms with Crippen LogP contribution in [0.1, 0.15) is 27.2 Å². The molecule has 1 aromatic rings. The fourth-order valence-corrected chi connectivity index (χ4v) is 4.87. The number of ether oxygens (including phenoxy) is 1. The number of nitrogens with zero attached hydrogens (tertiary/aromatic N) is 2. The first-order valence-corrected chi connectivity index (χ1v) is 10.2. The molecule has 1 fully saturated rings. The van der Waals surface area contributed by atoms with Crippen LogP contribution in [0.2, 0.25) is 0 Å². The van der Waals surface area contributed by atoms with Crippen molar-refractivity contribution < 1.29 is 17.9 Å². The monoisotopic (exact) mass is 380 g/mol. The van der Waals surface area contributed by atoms with Crippen molar-refractivity contribution in [2.45, 2.75) is 37.7 Å². The summed E-state index contributed by atoms with van der Waals surface area (Å²) in [6.07, 6.45) is 0.0445. The molecule has 25 heavy (non-hydrogen) atoms. The maximum Gasteiger partial charge on any atom is 0.415 e. The summed E-state index contributed by atoms with van der Waals surface area (Å²) in [5.74, 6) is 0.629. The molecule has 134 valence electrons. The molecule has 1 amide bonds. The number of benzene rings is 1. The Labute approximate surface area is 152 Å². The van der Waals surface area contributed by atoms with Crippen molar-refractivity contribution >= 4 is 27.7 Å². The molecule has 0 N–H and O–H groups in total. The number of carbonyl (C=O) groups excluding carboxylic acids is 1. The van der Waals surface area contributed by atoms with E-state index in [1.807, 2.05) is 0 Å². The van der Waals surface area contributed by atoms with Gasteiger partial charge in [-0.15, -0.1) is 11.8 Å². The van der Waals surface area contributed by atoms with Crippen LogP contribution < -0.4 is 0 Å². The van der Waals surface area contributed by atoms with Gasteiger partial charge in [-0.05, 0) is 39.3 Å². The highest BCUT2D eigenvalue weighted by molar-refractivity contribution is 8.04. The maximum atomic E-state index is 12.8. The van der Waals surface area contributed by atoms with Crippen molar-refractivity contribution in [1.29, 1.82) is 5.26 Å². The molecule has 0 atom stereocenters. The second kappa shape index (κ2) is 7.50. The molecule has 1 aliphatic rings. The summed E-state index contributed by atoms with van der Waals surface area (Å²) >= 11 is 1.18. The number of carbonyl (C=O) groups is 1. The minimum Gasteiger partial charge on any atom is -0.443 e. The zero-order valence-electron chi connectivity index (χ0n) is 14.4. The van der Waals surface area contributed by atoms with Crippen molar-refractivity contribution in [2.24, 2.45) is 0 Å². The Morgan fingerprint density at radius 3 is 2.48 bits per heavy atom. The molecule has 1 aromatic carbocycles. The van der Waals surface area contributed by atoms with E-state index in [-0.39, 0.29) is 9.92 Å². The summed E-state index contributed by atoms with van der Waals surface area (Å²) in [7, 11) is -4.01. The molecule has 0 unspecified atom stereocenters. The number of sulfone groups is 1. The van der Waals surface area contributed by atoms with Gasteiger partial charge in [0.25, 0.3) is 0 Å². The van der Waals surface area contributed by atoms with Gasteiger partial charge in [-0.2, -0.15) is 5.26 Å². The molecular weight excluding hydrogens is 360 g/mol. The van der Waals surface area contributed by atoms with Crippen LogP contribution in [-0.2, 0) is 14.6 Å². The number of amides is 1. The van der Waals surface area contributed by atoms with Crippen LogP contribution in [0.3, 0.4) is 0 Å². The Bertz CT molecular complexity index is 818. The number of nitriles is 1. The first-order chi connectivity index (χ1) is 11.7. The molecule has 1 saturated heterocycles. The third-order valence-corrected chi connectivity index (χ3v) is 6.28. The van der Waals surface area contributed by atoms with Gasteiger partial charge >= 0.3 is 6.09 Å². The van der Waals surface area contributed by atoms with Crippen molar-refractivity contribution in [3.8, 4) is 6.07 Å². The molecule has 0 saturated carbocycles. The first-order valence-electron chi connectivity index (χ1n) is 7.74. The zero-order chi connectivity index (χ0) is 18.7. The van der Waals surface area contributed by atoms with Crippen molar-refractivity contribution in [2.75, 3.05) is 12.3 Å². The predicted octanol–water partition coefficient (Wildman–Crippen LogP) is 3.53. The molecule has 0 bridgehead atoms. The highest BCUT2D eigenvalue weighted by Gasteiger charge is 2.34. The van der Waals surface area contributed by atoms with E-state index in [4.69, 9.17) is 4.74 Å². The van der Waals surface area contributed by atoms with E-state index < -0.39 is 26.4 Å². The molecule has 0 aliphatic carbocycles. The molecular formula is C17H20N2O4S2. The van der Waals surface area contributed by atoms with Crippen LogP contribution >= 0.6 is 11.8 Å². The van der Waals surface area contributed by atoms with E-state index in [0.717, 1.165) is 0 Å². The summed E-state index contributed by atoms with van der Waals surface area (Å²) in [4.78, 5) is 13.3. The number of hydrogen-bond donors (Lipinski definition) is 0. The van der Waals surface area contributed by atoms with Crippen LogP contribution in [0, 0.1) is 11.3 Å². The van der Waals surface area contributed by atoms with Crippen molar-refractivity contribution in [1.82, 2.24) is 4.90 Å². The smallest absolute Gasteiger partial charge is 0.415 e. The van der Waals surface area contributed by atoms with Gasteiger partial charge in [0.05, 0.1) is 4.90 Å². The van der Waals surface area contributed by atoms with Crippen LogP contribution in [0.25, 0.3) is 0 Å². The van der Waals surface area contributed by atoms with Gasteiger partial charge in [0.15, 0.2) is 4.91 Å². The molecule has 1 aliphatic heterocycles. The number of hydrogen-bond acceptors (Lipinski definition) is 6. The van der Waals surface area contributed by atoms with Crippen molar-refractivity contribution in [3.63, 3.8) is 0 Å². The lowest BCUT2D eigenvalue weighted by Gasteiger charge is -2.31. The Morgan fingerprint density at radius 1 is 1.28 bits per heavy atom. The molecule has 0 spiro atoms. The van der Waals surface area contributed by atoms with Gasteiger partial charge in [0.1, 0.15) is 16.7 Å². The lowest BCUT2D eigenvalue weighted by Crippen LogP contribution is -2.39. The van der Waals surface area contributed by atoms with Crippen LogP contribution in [0.4, 0.5) is 4.79 Å². The van der Waals surface area contributed by atoms with Gasteiger partial charge < -0.3 is 4.74 Å². The summed E-state index contributed by atoms with van der Waals surface area (Å²) in [5.41, 5.74) is -0.713. The highest BCUT2D eigenvalue weighted by Crippen LogP contribution is 2.34. The van der Waals surface area contributed by atoms with E-state index in [1.165, 1.54) is 28.8 Å². The van der Waals surface area contributed by atoms with Gasteiger partial charge in [-0.25, -0.2) is 13.2 Å². The van der Waals surface area contributed by atoms with E-state index in [0.29, 0.717) is 18.7 Å². The highest BCUT2D eigenvalue weighted by atomic mass is 32.2. The Balaban J connectivity index is 2.51. The van der Waals surface area contributed by atoms with Crippen LogP contribution in [-0.4, -0.2) is 37.3 Å². The lowest BCUT2D eigenvalue weighted by atomic mass is 10.2. The van der Waals surface area contributed by atoms with E-state index in [9.17, 15) is 18.5 Å². The average molecular weight is 380 g/mol. The summed E-state index contributed by atoms with van der Waals surface area (Å²) < 4.78 is 31.0. The molecule has 2 rings (SSSR count). The minimum atomic E-state index is -4.01. The fraction of sp³-hybridized carbons (Fsp3) is 0.412. The first kappa shape index (κ1) is 19.3. The van der Waals surface area contributed by atoms with E-state index in [2.05, 4.69) is 0 Å². The molecule has 1 heterocycles. The summed E-state index contributed by atoms with van der Waals surface area (Å²) in [6, 6.07) is 9.51. The molecule has 0 aromatic heterocycles. The fourth-order valence-electron chi connectivity index (χ4n) is 2.19. The average Bonchev–Trinajstić information content (AvgIpc) is 2.55. The Hall–Kier alpha value is -1.98. The SMILES string of the molecule is CC(C)(C)OC(=O)N1CCCS/C1=C(/C#N)S(=O)(=O)c1ccccc1. The number of thioether (sulfide) groups is 1. The third kappa shape index (κ3) is 4.55. The molecule has 8 heteroatoms. The number of rotatable bonds is 2. The molecule has 0 radical (unpaired) electrons. The second-order valence-electron chi connectivity index (χ2n) is 6.40. The van der Waals surface area contributed by atoms with Gasteiger partial charge in [-0.3, -0.25) is 4.90 Å². The lowest BCUT2D eigenvalue weighted by molar-refractivity contribution is 0.0325.